The lowest BCUT2D eigenvalue weighted by atomic mass is 9.42. The Hall–Kier alpha value is -1.68. The fourth-order valence-electron chi connectivity index (χ4n) is 10.8. The van der Waals surface area contributed by atoms with Gasteiger partial charge in [-0.15, -0.1) is 11.8 Å². The number of fused-ring (bicyclic) bond motifs is 9. The third-order valence-electron chi connectivity index (χ3n) is 12.5. The number of nitrogens with zero attached hydrogens (tertiary/aromatic N) is 1. The van der Waals surface area contributed by atoms with Crippen LogP contribution in [0, 0.1) is 45.8 Å². The minimum absolute atomic E-state index is 0.153. The lowest BCUT2D eigenvalue weighted by Gasteiger charge is -2.61. The first-order valence-electron chi connectivity index (χ1n) is 14.9. The number of hydrogen-bond donors (Lipinski definition) is 0. The van der Waals surface area contributed by atoms with E-state index in [0.717, 1.165) is 43.2 Å². The molecule has 8 atom stereocenters. The molecule has 0 N–H and O–H groups in total. The molecule has 5 saturated carbocycles. The smallest absolute Gasteiger partial charge is 0.155 e. The van der Waals surface area contributed by atoms with Crippen LogP contribution in [0.1, 0.15) is 89.5 Å². The second-order valence-corrected chi connectivity index (χ2v) is 15.2. The Morgan fingerprint density at radius 1 is 1.05 bits per heavy atom. The summed E-state index contributed by atoms with van der Waals surface area (Å²) in [7, 11) is 0. The van der Waals surface area contributed by atoms with Crippen molar-refractivity contribution in [1.82, 2.24) is 0 Å². The molecule has 1 heterocycles. The fraction of sp³-hybridized carbons (Fsp3) is 0.667. The lowest BCUT2D eigenvalue weighted by molar-refractivity contribution is -0.135. The van der Waals surface area contributed by atoms with Gasteiger partial charge in [-0.25, -0.2) is 4.99 Å². The second-order valence-electron chi connectivity index (χ2n) is 14.2. The molecular formula is C33H39NO2S. The molecule has 0 aromatic heterocycles. The number of ketones is 2. The van der Waals surface area contributed by atoms with Gasteiger partial charge in [-0.3, -0.25) is 9.59 Å². The number of Topliss-reactive ketones (excluding diaryl/α,β-unsaturated/α-hetero) is 1. The van der Waals surface area contributed by atoms with Gasteiger partial charge in [-0.1, -0.05) is 37.6 Å². The van der Waals surface area contributed by atoms with Gasteiger partial charge in [-0.2, -0.15) is 0 Å². The summed E-state index contributed by atoms with van der Waals surface area (Å²) in [5, 5.41) is 1.21. The highest BCUT2D eigenvalue weighted by Crippen LogP contribution is 2.77. The molecule has 37 heavy (non-hydrogen) atoms. The maximum absolute atomic E-state index is 13.9. The van der Waals surface area contributed by atoms with Gasteiger partial charge < -0.3 is 0 Å². The summed E-state index contributed by atoms with van der Waals surface area (Å²) in [5.74, 6) is 4.97. The third-order valence-corrected chi connectivity index (χ3v) is 13.6. The quantitative estimate of drug-likeness (QED) is 0.416. The standard InChI is InChI=1S/C33H39NO2S/c1-31-12-11-20(35)15-19(31)7-8-22-25-9-10-26(32(25,2)18-33(13-14-33)29(22)31)28(36)17-37-30-24-16-23(24)21-5-3-4-6-27(21)34-30/h3-6,15,22-26,29H,7-14,16-18H2,1-2H3. The van der Waals surface area contributed by atoms with Crippen LogP contribution < -0.4 is 0 Å². The monoisotopic (exact) mass is 513 g/mol. The summed E-state index contributed by atoms with van der Waals surface area (Å²) in [5.41, 5.74) is 4.78. The number of carbonyl (C=O) groups excluding carboxylic acids is 2. The molecule has 4 heteroatoms. The lowest BCUT2D eigenvalue weighted by Crippen LogP contribution is -2.56. The molecule has 3 nitrogen and oxygen atoms in total. The number of allylic oxidation sites excluding steroid dienone is 1. The molecule has 6 aliphatic carbocycles. The summed E-state index contributed by atoms with van der Waals surface area (Å²) < 4.78 is 0. The van der Waals surface area contributed by atoms with E-state index in [1.54, 1.807) is 11.8 Å². The molecular weight excluding hydrogens is 474 g/mol. The van der Waals surface area contributed by atoms with E-state index in [4.69, 9.17) is 4.99 Å². The molecule has 8 unspecified atom stereocenters. The van der Waals surface area contributed by atoms with Crippen molar-refractivity contribution in [1.29, 1.82) is 0 Å². The van der Waals surface area contributed by atoms with Crippen molar-refractivity contribution < 1.29 is 9.59 Å². The van der Waals surface area contributed by atoms with E-state index in [-0.39, 0.29) is 16.7 Å². The first-order chi connectivity index (χ1) is 17.8. The average Bonchev–Trinajstić information content (AvgIpc) is 3.80. The van der Waals surface area contributed by atoms with Gasteiger partial charge in [-0.05, 0) is 115 Å². The van der Waals surface area contributed by atoms with Crippen molar-refractivity contribution in [2.75, 3.05) is 5.75 Å². The van der Waals surface area contributed by atoms with Crippen LogP contribution in [0.15, 0.2) is 40.9 Å². The van der Waals surface area contributed by atoms with E-state index in [9.17, 15) is 9.59 Å². The minimum Gasteiger partial charge on any atom is -0.298 e. The zero-order chi connectivity index (χ0) is 25.2. The first kappa shape index (κ1) is 23.2. The number of benzene rings is 1. The normalized spacial score (nSPS) is 44.0. The molecule has 0 amide bonds. The highest BCUT2D eigenvalue weighted by Gasteiger charge is 2.70. The van der Waals surface area contributed by atoms with Gasteiger partial charge in [0, 0.05) is 18.3 Å². The highest BCUT2D eigenvalue weighted by atomic mass is 32.2. The van der Waals surface area contributed by atoms with Crippen molar-refractivity contribution in [2.45, 2.75) is 84.0 Å². The SMILES string of the molecule is CC12CCC(=O)C=C1CCC1C2C2(CC2)CC2(C)C(C(=O)CSC3=Nc4ccccc4C4CC34)CCC12. The van der Waals surface area contributed by atoms with E-state index < -0.39 is 0 Å². The summed E-state index contributed by atoms with van der Waals surface area (Å²) in [6.07, 6.45) is 13.6. The summed E-state index contributed by atoms with van der Waals surface area (Å²) >= 11 is 1.76. The van der Waals surface area contributed by atoms with Gasteiger partial charge in [0.15, 0.2) is 5.78 Å². The van der Waals surface area contributed by atoms with Crippen LogP contribution in [0.3, 0.4) is 0 Å². The zero-order valence-corrected chi connectivity index (χ0v) is 23.1. The summed E-state index contributed by atoms with van der Waals surface area (Å²) in [6.45, 7) is 5.02. The molecule has 194 valence electrons. The topological polar surface area (TPSA) is 46.5 Å². The van der Waals surface area contributed by atoms with Crippen molar-refractivity contribution in [3.63, 3.8) is 0 Å². The van der Waals surface area contributed by atoms with E-state index in [0.29, 0.717) is 40.5 Å². The molecule has 0 saturated heterocycles. The third kappa shape index (κ3) is 3.23. The molecule has 1 aromatic rings. The highest BCUT2D eigenvalue weighted by molar-refractivity contribution is 8.14. The largest absolute Gasteiger partial charge is 0.298 e. The van der Waals surface area contributed by atoms with Crippen LogP contribution in [0.5, 0.6) is 0 Å². The Bertz CT molecular complexity index is 1270. The Kier molecular flexibility index (Phi) is 4.84. The number of thioether (sulfide) groups is 1. The molecule has 1 aromatic carbocycles. The van der Waals surface area contributed by atoms with Gasteiger partial charge in [0.1, 0.15) is 5.78 Å². The molecule has 0 bridgehead atoms. The van der Waals surface area contributed by atoms with Gasteiger partial charge in [0.25, 0.3) is 0 Å². The summed E-state index contributed by atoms with van der Waals surface area (Å²) in [6, 6.07) is 8.57. The van der Waals surface area contributed by atoms with Gasteiger partial charge in [0.05, 0.1) is 16.5 Å². The van der Waals surface area contributed by atoms with E-state index in [1.165, 1.54) is 54.7 Å². The maximum Gasteiger partial charge on any atom is 0.155 e. The predicted molar refractivity (Wildman–Crippen MR) is 149 cm³/mol. The Balaban J connectivity index is 1.04. The second kappa shape index (κ2) is 7.71. The van der Waals surface area contributed by atoms with Crippen molar-refractivity contribution in [3.05, 3.63) is 41.5 Å². The predicted octanol–water partition coefficient (Wildman–Crippen LogP) is 7.67. The van der Waals surface area contributed by atoms with Crippen molar-refractivity contribution in [3.8, 4) is 0 Å². The van der Waals surface area contributed by atoms with Gasteiger partial charge in [0.2, 0.25) is 0 Å². The number of carbonyl (C=O) groups is 2. The van der Waals surface area contributed by atoms with Crippen molar-refractivity contribution in [2.24, 2.45) is 50.8 Å². The van der Waals surface area contributed by atoms with E-state index in [1.807, 2.05) is 6.08 Å². The number of para-hydroxylation sites is 1. The van der Waals surface area contributed by atoms with E-state index >= 15 is 0 Å². The molecule has 8 rings (SSSR count). The maximum atomic E-state index is 13.9. The molecule has 7 aliphatic rings. The Morgan fingerprint density at radius 2 is 1.89 bits per heavy atom. The Morgan fingerprint density at radius 3 is 2.73 bits per heavy atom. The number of hydrogen-bond acceptors (Lipinski definition) is 4. The van der Waals surface area contributed by atoms with Crippen LogP contribution in [-0.2, 0) is 9.59 Å². The van der Waals surface area contributed by atoms with E-state index in [2.05, 4.69) is 38.1 Å². The Labute approximate surface area is 225 Å². The molecule has 1 spiro atoms. The van der Waals surface area contributed by atoms with Crippen LogP contribution in [-0.4, -0.2) is 22.4 Å². The van der Waals surface area contributed by atoms with Gasteiger partial charge >= 0.3 is 0 Å². The zero-order valence-electron chi connectivity index (χ0n) is 22.3. The van der Waals surface area contributed by atoms with Crippen LogP contribution in [0.25, 0.3) is 0 Å². The van der Waals surface area contributed by atoms with Crippen LogP contribution in [0.2, 0.25) is 0 Å². The molecule has 1 aliphatic heterocycles. The van der Waals surface area contributed by atoms with Crippen LogP contribution in [0.4, 0.5) is 5.69 Å². The fourth-order valence-corrected chi connectivity index (χ4v) is 11.9. The molecule has 5 fully saturated rings. The summed E-state index contributed by atoms with van der Waals surface area (Å²) in [4.78, 5) is 31.2. The van der Waals surface area contributed by atoms with Crippen molar-refractivity contribution >= 4 is 34.1 Å². The van der Waals surface area contributed by atoms with Crippen LogP contribution >= 0.6 is 11.8 Å². The number of rotatable bonds is 3. The average molecular weight is 514 g/mol. The molecule has 0 radical (unpaired) electrons. The number of aliphatic imine (C=N–C) groups is 1. The first-order valence-corrected chi connectivity index (χ1v) is 15.9. The minimum atomic E-state index is 0.153.